The van der Waals surface area contributed by atoms with Gasteiger partial charge in [0.15, 0.2) is 0 Å². The number of aromatic nitrogens is 1. The van der Waals surface area contributed by atoms with Crippen molar-refractivity contribution in [3.63, 3.8) is 0 Å². The number of hydrogen-bond donors (Lipinski definition) is 2. The molecule has 1 aromatic carbocycles. The summed E-state index contributed by atoms with van der Waals surface area (Å²) in [5.74, 6) is 1.53. The Hall–Kier alpha value is -3.22. The molecule has 7 nitrogen and oxygen atoms in total. The number of nitrogens with one attached hydrogen (secondary N) is 1. The lowest BCUT2D eigenvalue weighted by Gasteiger charge is -2.27. The van der Waals surface area contributed by atoms with Crippen LogP contribution in [0.15, 0.2) is 40.4 Å². The lowest BCUT2D eigenvalue weighted by molar-refractivity contribution is 0.0973. The molecule has 1 amide bonds. The first kappa shape index (κ1) is 15.3. The van der Waals surface area contributed by atoms with Gasteiger partial charge in [-0.3, -0.25) is 20.0 Å². The van der Waals surface area contributed by atoms with Crippen LogP contribution in [-0.2, 0) is 0 Å². The maximum absolute atomic E-state index is 12.8. The molecule has 1 aromatic heterocycles. The van der Waals surface area contributed by atoms with Crippen LogP contribution in [0.3, 0.4) is 0 Å². The fourth-order valence-electron chi connectivity index (χ4n) is 3.03. The molecule has 126 valence electrons. The summed E-state index contributed by atoms with van der Waals surface area (Å²) in [6.45, 7) is 5.10. The van der Waals surface area contributed by atoms with Crippen LogP contribution in [0.4, 0.5) is 11.5 Å². The molecule has 0 atom stereocenters. The van der Waals surface area contributed by atoms with E-state index < -0.39 is 0 Å². The number of carbonyl (C=O) groups is 1. The van der Waals surface area contributed by atoms with Crippen molar-refractivity contribution in [2.75, 3.05) is 18.8 Å². The molecule has 2 aromatic rings. The van der Waals surface area contributed by atoms with Crippen molar-refractivity contribution in [2.45, 2.75) is 13.8 Å². The van der Waals surface area contributed by atoms with E-state index >= 15 is 0 Å². The first-order valence-electron chi connectivity index (χ1n) is 8.09. The Balaban J connectivity index is 1.69. The molecule has 0 spiro atoms. The van der Waals surface area contributed by atoms with Gasteiger partial charge in [0.05, 0.1) is 17.8 Å². The van der Waals surface area contributed by atoms with Crippen LogP contribution in [0.25, 0.3) is 0 Å². The minimum atomic E-state index is -0.252. The fraction of sp³-hybridized carbons (Fsp3) is 0.222. The minimum absolute atomic E-state index is 0.252. The number of rotatable bonds is 1. The second-order valence-electron chi connectivity index (χ2n) is 6.07. The summed E-state index contributed by atoms with van der Waals surface area (Å²) >= 11 is 0. The third-order valence-electron chi connectivity index (χ3n) is 4.62. The van der Waals surface area contributed by atoms with E-state index in [-0.39, 0.29) is 5.91 Å². The smallest absolute Gasteiger partial charge is 0.259 e. The molecule has 3 heterocycles. The van der Waals surface area contributed by atoms with Crippen LogP contribution >= 0.6 is 0 Å². The summed E-state index contributed by atoms with van der Waals surface area (Å²) in [5, 5.41) is 2.91. The number of amides is 1. The summed E-state index contributed by atoms with van der Waals surface area (Å²) in [6.07, 6.45) is 1.50. The van der Waals surface area contributed by atoms with Gasteiger partial charge in [-0.05, 0) is 37.1 Å². The van der Waals surface area contributed by atoms with Crippen molar-refractivity contribution in [1.29, 1.82) is 0 Å². The second kappa shape index (κ2) is 5.70. The Morgan fingerprint density at radius 1 is 1.24 bits per heavy atom. The van der Waals surface area contributed by atoms with Crippen molar-refractivity contribution < 1.29 is 4.79 Å². The molecular formula is C18H18N6O. The number of aliphatic imine (C=N–C) groups is 2. The highest BCUT2D eigenvalue weighted by Crippen LogP contribution is 2.28. The Morgan fingerprint density at radius 2 is 2.04 bits per heavy atom. The largest absolute Gasteiger partial charge is 0.383 e. The standard InChI is InChI=1S/C18H18N6O/c1-10-11(2)15(19)21-9-13(10)17(25)23-18-22-14-6-4-3-5-12(14)16-20-7-8-24(16)18/h3-6,9H,7-8H2,1-2H3,(H2,19,21)(H,22,23,25). The number of carbonyl (C=O) groups excluding carboxylic acids is 1. The lowest BCUT2D eigenvalue weighted by Crippen LogP contribution is -2.47. The van der Waals surface area contributed by atoms with Gasteiger partial charge in [0.25, 0.3) is 5.91 Å². The van der Waals surface area contributed by atoms with Crippen molar-refractivity contribution >= 4 is 29.2 Å². The SMILES string of the molecule is Cc1c(C(=O)NC2=Nc3ccccc3C3=NCCN23)cnc(N)c1C. The van der Waals surface area contributed by atoms with E-state index in [0.29, 0.717) is 30.4 Å². The number of para-hydroxylation sites is 1. The van der Waals surface area contributed by atoms with Crippen LogP contribution in [0.5, 0.6) is 0 Å². The third-order valence-corrected chi connectivity index (χ3v) is 4.62. The van der Waals surface area contributed by atoms with Gasteiger partial charge in [0, 0.05) is 18.3 Å². The Morgan fingerprint density at radius 3 is 2.88 bits per heavy atom. The predicted molar refractivity (Wildman–Crippen MR) is 97.2 cm³/mol. The number of nitrogens with zero attached hydrogens (tertiary/aromatic N) is 4. The molecule has 0 fully saturated rings. The van der Waals surface area contributed by atoms with Crippen molar-refractivity contribution in [1.82, 2.24) is 15.2 Å². The van der Waals surface area contributed by atoms with Gasteiger partial charge in [-0.25, -0.2) is 9.98 Å². The molecule has 0 saturated carbocycles. The Labute approximate surface area is 145 Å². The fourth-order valence-corrected chi connectivity index (χ4v) is 3.03. The van der Waals surface area contributed by atoms with Crippen molar-refractivity contribution in [2.24, 2.45) is 9.98 Å². The molecule has 2 aliphatic rings. The highest BCUT2D eigenvalue weighted by Gasteiger charge is 2.30. The molecule has 7 heteroatoms. The monoisotopic (exact) mass is 334 g/mol. The third kappa shape index (κ3) is 2.44. The second-order valence-corrected chi connectivity index (χ2v) is 6.07. The van der Waals surface area contributed by atoms with E-state index in [1.807, 2.05) is 43.0 Å². The highest BCUT2D eigenvalue weighted by atomic mass is 16.1. The zero-order valence-electron chi connectivity index (χ0n) is 14.1. The van der Waals surface area contributed by atoms with Gasteiger partial charge >= 0.3 is 0 Å². The molecule has 0 aliphatic carbocycles. The number of fused-ring (bicyclic) bond motifs is 3. The number of hydrogen-bond acceptors (Lipinski definition) is 6. The molecule has 0 bridgehead atoms. The molecule has 3 N–H and O–H groups in total. The van der Waals surface area contributed by atoms with E-state index in [0.717, 1.165) is 28.2 Å². The Kier molecular flexibility index (Phi) is 3.49. The van der Waals surface area contributed by atoms with E-state index in [9.17, 15) is 4.79 Å². The first-order valence-corrected chi connectivity index (χ1v) is 8.09. The van der Waals surface area contributed by atoms with Crippen molar-refractivity contribution in [3.8, 4) is 0 Å². The number of guanidine groups is 1. The van der Waals surface area contributed by atoms with Crippen LogP contribution in [0, 0.1) is 13.8 Å². The number of nitrogens with two attached hydrogens (primary N) is 1. The maximum atomic E-state index is 12.8. The van der Waals surface area contributed by atoms with Gasteiger partial charge in [-0.15, -0.1) is 0 Å². The van der Waals surface area contributed by atoms with Gasteiger partial charge in [0.2, 0.25) is 5.96 Å². The minimum Gasteiger partial charge on any atom is -0.383 e. The summed E-state index contributed by atoms with van der Waals surface area (Å²) in [7, 11) is 0. The number of amidine groups is 1. The number of pyridine rings is 1. The lowest BCUT2D eigenvalue weighted by atomic mass is 10.1. The first-order chi connectivity index (χ1) is 12.1. The molecule has 0 saturated heterocycles. The van der Waals surface area contributed by atoms with Gasteiger partial charge in [-0.2, -0.15) is 0 Å². The molecule has 2 aliphatic heterocycles. The number of anilines is 1. The molecule has 4 rings (SSSR count). The van der Waals surface area contributed by atoms with Gasteiger partial charge < -0.3 is 5.73 Å². The molecule has 0 unspecified atom stereocenters. The average Bonchev–Trinajstić information content (AvgIpc) is 3.10. The van der Waals surface area contributed by atoms with E-state index in [1.165, 1.54) is 6.20 Å². The zero-order chi connectivity index (χ0) is 17.6. The predicted octanol–water partition coefficient (Wildman–Crippen LogP) is 1.77. The average molecular weight is 334 g/mol. The zero-order valence-corrected chi connectivity index (χ0v) is 14.1. The van der Waals surface area contributed by atoms with Gasteiger partial charge in [-0.1, -0.05) is 12.1 Å². The summed E-state index contributed by atoms with van der Waals surface area (Å²) in [5.41, 5.74) is 9.72. The number of nitrogen functional groups attached to an aromatic ring is 1. The van der Waals surface area contributed by atoms with Crippen LogP contribution < -0.4 is 11.1 Å². The van der Waals surface area contributed by atoms with Crippen LogP contribution in [0.2, 0.25) is 0 Å². The van der Waals surface area contributed by atoms with E-state index in [4.69, 9.17) is 5.73 Å². The highest BCUT2D eigenvalue weighted by molar-refractivity contribution is 6.19. The summed E-state index contributed by atoms with van der Waals surface area (Å²) in [6, 6.07) is 7.79. The van der Waals surface area contributed by atoms with E-state index in [2.05, 4.69) is 20.3 Å². The maximum Gasteiger partial charge on any atom is 0.259 e. The molecule has 25 heavy (non-hydrogen) atoms. The quantitative estimate of drug-likeness (QED) is 0.831. The van der Waals surface area contributed by atoms with Crippen molar-refractivity contribution in [3.05, 3.63) is 52.7 Å². The molecular weight excluding hydrogens is 316 g/mol. The number of benzene rings is 1. The topological polar surface area (TPSA) is 96.0 Å². The van der Waals surface area contributed by atoms with Crippen LogP contribution in [0.1, 0.15) is 27.0 Å². The van der Waals surface area contributed by atoms with Crippen LogP contribution in [-0.4, -0.2) is 40.7 Å². The molecule has 0 radical (unpaired) electrons. The van der Waals surface area contributed by atoms with Gasteiger partial charge in [0.1, 0.15) is 11.7 Å². The summed E-state index contributed by atoms with van der Waals surface area (Å²) in [4.78, 5) is 28.0. The normalized spacial score (nSPS) is 15.2. The Bertz CT molecular complexity index is 947. The summed E-state index contributed by atoms with van der Waals surface area (Å²) < 4.78 is 0. The van der Waals surface area contributed by atoms with E-state index in [1.54, 1.807) is 0 Å².